The topological polar surface area (TPSA) is 106 Å². The number of carboxylic acids is 1. The second-order valence-electron chi connectivity index (χ2n) is 7.17. The molecule has 0 unspecified atom stereocenters. The number of nitriles is 1. The lowest BCUT2D eigenvalue weighted by atomic mass is 10.00. The number of urea groups is 1. The molecule has 0 bridgehead atoms. The van der Waals surface area contributed by atoms with Gasteiger partial charge in [-0.05, 0) is 50.1 Å². The number of nitrogens with zero attached hydrogens (tertiary/aromatic N) is 3. The second-order valence-corrected chi connectivity index (χ2v) is 7.17. The summed E-state index contributed by atoms with van der Waals surface area (Å²) in [7, 11) is 0. The lowest BCUT2D eigenvalue weighted by Gasteiger charge is -2.28. The second kappa shape index (κ2) is 11.2. The number of alkyl halides is 3. The molecule has 12 heteroatoms. The normalized spacial score (nSPS) is 13.3. The molecule has 2 N–H and O–H groups in total. The van der Waals surface area contributed by atoms with Crippen molar-refractivity contribution in [1.82, 2.24) is 9.88 Å². The summed E-state index contributed by atoms with van der Waals surface area (Å²) in [4.78, 5) is 27.0. The highest BCUT2D eigenvalue weighted by Gasteiger charge is 2.38. The van der Waals surface area contributed by atoms with Gasteiger partial charge in [-0.15, -0.1) is 0 Å². The van der Waals surface area contributed by atoms with Gasteiger partial charge in [0.2, 0.25) is 0 Å². The number of carbonyl (C=O) groups excluding carboxylic acids is 1. The summed E-state index contributed by atoms with van der Waals surface area (Å²) in [5.41, 5.74) is 2.15. The lowest BCUT2D eigenvalue weighted by molar-refractivity contribution is -0.192. The SMILES string of the molecule is Cc1cc(NC(=O)N2CCC(=Cc3c(F)cc(C#N)cc3F)CC2)ccn1.O=C(O)C(F)(F)F. The average Bonchev–Trinajstić information content (AvgIpc) is 2.76. The van der Waals surface area contributed by atoms with Crippen LogP contribution in [0, 0.1) is 29.9 Å². The van der Waals surface area contributed by atoms with Crippen LogP contribution in [0.2, 0.25) is 0 Å². The first-order valence-corrected chi connectivity index (χ1v) is 9.78. The predicted molar refractivity (Wildman–Crippen MR) is 112 cm³/mol. The van der Waals surface area contributed by atoms with E-state index in [1.165, 1.54) is 6.08 Å². The molecule has 1 aromatic heterocycles. The summed E-state index contributed by atoms with van der Waals surface area (Å²) in [5, 5.41) is 18.7. The number of hydrogen-bond donors (Lipinski definition) is 2. The number of piperidine rings is 1. The minimum absolute atomic E-state index is 0.0509. The first kappa shape index (κ1) is 26.2. The molecule has 1 fully saturated rings. The molecule has 0 spiro atoms. The van der Waals surface area contributed by atoms with E-state index in [1.807, 2.05) is 6.92 Å². The first-order chi connectivity index (χ1) is 15.9. The van der Waals surface area contributed by atoms with Crippen molar-refractivity contribution in [2.24, 2.45) is 0 Å². The van der Waals surface area contributed by atoms with Crippen molar-refractivity contribution in [3.63, 3.8) is 0 Å². The molecule has 2 heterocycles. The summed E-state index contributed by atoms with van der Waals surface area (Å²) in [5.74, 6) is -4.27. The van der Waals surface area contributed by atoms with E-state index in [4.69, 9.17) is 15.2 Å². The van der Waals surface area contributed by atoms with Crippen LogP contribution in [-0.2, 0) is 4.79 Å². The quantitative estimate of drug-likeness (QED) is 0.594. The van der Waals surface area contributed by atoms with E-state index in [0.717, 1.165) is 23.4 Å². The highest BCUT2D eigenvalue weighted by Crippen LogP contribution is 2.24. The lowest BCUT2D eigenvalue weighted by Crippen LogP contribution is -2.39. The molecule has 34 heavy (non-hydrogen) atoms. The summed E-state index contributed by atoms with van der Waals surface area (Å²) in [6.45, 7) is 2.76. The number of anilines is 1. The van der Waals surface area contributed by atoms with E-state index in [1.54, 1.807) is 29.3 Å². The van der Waals surface area contributed by atoms with E-state index >= 15 is 0 Å². The fourth-order valence-electron chi connectivity index (χ4n) is 2.96. The zero-order valence-electron chi connectivity index (χ0n) is 17.8. The number of benzene rings is 1. The van der Waals surface area contributed by atoms with Gasteiger partial charge in [-0.3, -0.25) is 4.98 Å². The summed E-state index contributed by atoms with van der Waals surface area (Å²) in [6, 6.07) is 7.06. The van der Waals surface area contributed by atoms with Crippen molar-refractivity contribution in [3.8, 4) is 6.07 Å². The molecule has 3 rings (SSSR count). The standard InChI is InChI=1S/C20H18F2N4O.C2HF3O2/c1-13-8-16(2-5-24-13)25-20(27)26-6-3-14(4-7-26)9-17-18(21)10-15(12-23)11-19(17)22;3-2(4,5)1(6)7/h2,5,8-11H,3-4,6-7H2,1H3,(H,24,25,27);(H,6,7). The maximum Gasteiger partial charge on any atom is 0.490 e. The molecule has 1 saturated heterocycles. The number of aliphatic carboxylic acids is 1. The molecule has 1 aromatic carbocycles. The largest absolute Gasteiger partial charge is 0.490 e. The molecule has 180 valence electrons. The van der Waals surface area contributed by atoms with E-state index in [9.17, 15) is 26.7 Å². The van der Waals surface area contributed by atoms with Crippen LogP contribution in [-0.4, -0.2) is 46.3 Å². The Morgan fingerprint density at radius 1 is 1.18 bits per heavy atom. The molecule has 1 aliphatic heterocycles. The zero-order chi connectivity index (χ0) is 25.5. The Labute approximate surface area is 191 Å². The molecule has 0 atom stereocenters. The Balaban J connectivity index is 0.000000509. The summed E-state index contributed by atoms with van der Waals surface area (Å²) < 4.78 is 59.8. The molecule has 0 saturated carbocycles. The Morgan fingerprint density at radius 2 is 1.74 bits per heavy atom. The fourth-order valence-corrected chi connectivity index (χ4v) is 2.96. The van der Waals surface area contributed by atoms with Crippen molar-refractivity contribution < 1.29 is 36.6 Å². The van der Waals surface area contributed by atoms with Gasteiger partial charge in [-0.2, -0.15) is 18.4 Å². The number of amides is 2. The average molecular weight is 482 g/mol. The van der Waals surface area contributed by atoms with Gasteiger partial charge in [0.15, 0.2) is 0 Å². The van der Waals surface area contributed by atoms with Crippen molar-refractivity contribution in [3.05, 3.63) is 64.5 Å². The number of nitrogens with one attached hydrogen (secondary N) is 1. The van der Waals surface area contributed by atoms with Crippen LogP contribution < -0.4 is 5.32 Å². The molecular weight excluding hydrogens is 463 g/mol. The van der Waals surface area contributed by atoms with Gasteiger partial charge < -0.3 is 15.3 Å². The van der Waals surface area contributed by atoms with Gasteiger partial charge in [0.05, 0.1) is 11.6 Å². The third kappa shape index (κ3) is 7.54. The van der Waals surface area contributed by atoms with Crippen molar-refractivity contribution in [1.29, 1.82) is 5.26 Å². The predicted octanol–water partition coefficient (Wildman–Crippen LogP) is 4.88. The van der Waals surface area contributed by atoms with Crippen LogP contribution in [0.4, 0.5) is 32.4 Å². The number of aryl methyl sites for hydroxylation is 1. The van der Waals surface area contributed by atoms with E-state index in [0.29, 0.717) is 31.6 Å². The van der Waals surface area contributed by atoms with Crippen LogP contribution in [0.1, 0.15) is 29.7 Å². The van der Waals surface area contributed by atoms with Gasteiger partial charge in [0.1, 0.15) is 11.6 Å². The summed E-state index contributed by atoms with van der Waals surface area (Å²) >= 11 is 0. The molecule has 2 aromatic rings. The van der Waals surface area contributed by atoms with Gasteiger partial charge in [-0.25, -0.2) is 18.4 Å². The van der Waals surface area contributed by atoms with Gasteiger partial charge in [0, 0.05) is 36.2 Å². The Kier molecular flexibility index (Phi) is 8.66. The smallest absolute Gasteiger partial charge is 0.475 e. The molecule has 1 aliphatic rings. The van der Waals surface area contributed by atoms with E-state index in [-0.39, 0.29) is 17.2 Å². The molecule has 0 aliphatic carbocycles. The van der Waals surface area contributed by atoms with Crippen molar-refractivity contribution in [2.45, 2.75) is 25.9 Å². The first-order valence-electron chi connectivity index (χ1n) is 9.78. The summed E-state index contributed by atoms with van der Waals surface area (Å²) in [6.07, 6.45) is -0.917. The number of hydrogen-bond acceptors (Lipinski definition) is 4. The van der Waals surface area contributed by atoms with Crippen LogP contribution >= 0.6 is 0 Å². The van der Waals surface area contributed by atoms with Gasteiger partial charge in [0.25, 0.3) is 0 Å². The van der Waals surface area contributed by atoms with Crippen molar-refractivity contribution >= 4 is 23.8 Å². The van der Waals surface area contributed by atoms with E-state index in [2.05, 4.69) is 10.3 Å². The van der Waals surface area contributed by atoms with Gasteiger partial charge in [-0.1, -0.05) is 5.57 Å². The number of carbonyl (C=O) groups is 2. The third-order valence-electron chi connectivity index (χ3n) is 4.64. The minimum atomic E-state index is -5.08. The van der Waals surface area contributed by atoms with Crippen LogP contribution in [0.25, 0.3) is 6.08 Å². The number of likely N-dealkylation sites (tertiary alicyclic amines) is 1. The van der Waals surface area contributed by atoms with Crippen LogP contribution in [0.3, 0.4) is 0 Å². The number of rotatable bonds is 2. The Bertz CT molecular complexity index is 1110. The maximum atomic E-state index is 14.0. The highest BCUT2D eigenvalue weighted by atomic mass is 19.4. The number of aromatic nitrogens is 1. The maximum absolute atomic E-state index is 14.0. The monoisotopic (exact) mass is 482 g/mol. The van der Waals surface area contributed by atoms with Crippen LogP contribution in [0.15, 0.2) is 36.0 Å². The Morgan fingerprint density at radius 3 is 2.21 bits per heavy atom. The van der Waals surface area contributed by atoms with E-state index < -0.39 is 23.8 Å². The van der Waals surface area contributed by atoms with Crippen molar-refractivity contribution in [2.75, 3.05) is 18.4 Å². The van der Waals surface area contributed by atoms with Crippen LogP contribution in [0.5, 0.6) is 0 Å². The zero-order valence-corrected chi connectivity index (χ0v) is 17.8. The molecular formula is C22H19F5N4O3. The highest BCUT2D eigenvalue weighted by molar-refractivity contribution is 5.89. The Hall–Kier alpha value is -4.01. The molecule has 7 nitrogen and oxygen atoms in total. The molecule has 2 amide bonds. The van der Waals surface area contributed by atoms with Gasteiger partial charge >= 0.3 is 18.2 Å². The third-order valence-corrected chi connectivity index (χ3v) is 4.64. The molecule has 0 radical (unpaired) electrons. The number of carboxylic acid groups (broad SMARTS) is 1. The number of halogens is 5. The fraction of sp³-hybridized carbons (Fsp3) is 0.273. The minimum Gasteiger partial charge on any atom is -0.475 e. The number of pyridine rings is 1.